The third kappa shape index (κ3) is 2.81. The second-order valence-corrected chi connectivity index (χ2v) is 5.79. The summed E-state index contributed by atoms with van der Waals surface area (Å²) in [4.78, 5) is 2.45. The van der Waals surface area contributed by atoms with E-state index in [1.54, 1.807) is 0 Å². The average Bonchev–Trinajstić information content (AvgIpc) is 2.34. The molecular weight excluding hydrogens is 244 g/mol. The van der Waals surface area contributed by atoms with E-state index in [2.05, 4.69) is 36.9 Å². The molecule has 3 heteroatoms. The van der Waals surface area contributed by atoms with E-state index in [4.69, 9.17) is 17.3 Å². The van der Waals surface area contributed by atoms with Gasteiger partial charge in [-0.15, -0.1) is 0 Å². The number of benzene rings is 1. The molecule has 0 saturated carbocycles. The van der Waals surface area contributed by atoms with Gasteiger partial charge in [-0.2, -0.15) is 0 Å². The minimum atomic E-state index is 0.566. The van der Waals surface area contributed by atoms with Crippen LogP contribution in [0, 0.1) is 5.92 Å². The molecule has 2 nitrogen and oxygen atoms in total. The number of anilines is 1. The number of hydrogen-bond acceptors (Lipinski definition) is 2. The Kier molecular flexibility index (Phi) is 4.52. The van der Waals surface area contributed by atoms with Gasteiger partial charge in [-0.25, -0.2) is 0 Å². The molecule has 0 bridgehead atoms. The van der Waals surface area contributed by atoms with Crippen LogP contribution in [-0.4, -0.2) is 19.1 Å². The Hall–Kier alpha value is -0.730. The minimum Gasteiger partial charge on any atom is -0.367 e. The van der Waals surface area contributed by atoms with Gasteiger partial charge in [0.25, 0.3) is 0 Å². The highest BCUT2D eigenvalue weighted by atomic mass is 35.5. The Bertz CT molecular complexity index is 405. The quantitative estimate of drug-likeness (QED) is 0.908. The van der Waals surface area contributed by atoms with Crippen LogP contribution in [0.3, 0.4) is 0 Å². The summed E-state index contributed by atoms with van der Waals surface area (Å²) < 4.78 is 0. The lowest BCUT2D eigenvalue weighted by Crippen LogP contribution is -2.42. The molecule has 2 rings (SSSR count). The molecule has 1 fully saturated rings. The zero-order valence-electron chi connectivity index (χ0n) is 11.3. The second kappa shape index (κ2) is 5.94. The first kappa shape index (κ1) is 13.7. The lowest BCUT2D eigenvalue weighted by atomic mass is 9.91. The second-order valence-electron chi connectivity index (χ2n) is 5.38. The molecule has 1 aromatic rings. The Morgan fingerprint density at radius 2 is 2.17 bits per heavy atom. The van der Waals surface area contributed by atoms with Crippen LogP contribution in [0.5, 0.6) is 0 Å². The lowest BCUT2D eigenvalue weighted by Gasteiger charge is -2.40. The largest absolute Gasteiger partial charge is 0.367 e. The van der Waals surface area contributed by atoms with Crippen LogP contribution in [0.2, 0.25) is 5.02 Å². The number of hydrogen-bond donors (Lipinski definition) is 1. The van der Waals surface area contributed by atoms with Gasteiger partial charge in [-0.3, -0.25) is 0 Å². The average molecular weight is 267 g/mol. The van der Waals surface area contributed by atoms with Crippen molar-refractivity contribution in [1.82, 2.24) is 0 Å². The highest BCUT2D eigenvalue weighted by Crippen LogP contribution is 2.33. The van der Waals surface area contributed by atoms with Gasteiger partial charge in [0.05, 0.1) is 10.7 Å². The fraction of sp³-hybridized carbons (Fsp3) is 0.600. The molecule has 18 heavy (non-hydrogen) atoms. The number of rotatable bonds is 3. The molecule has 2 N–H and O–H groups in total. The number of nitrogens with zero attached hydrogens (tertiary/aromatic N) is 1. The van der Waals surface area contributed by atoms with Crippen molar-refractivity contribution in [2.24, 2.45) is 11.7 Å². The van der Waals surface area contributed by atoms with Gasteiger partial charge in [-0.1, -0.05) is 24.6 Å². The zero-order chi connectivity index (χ0) is 13.1. The SMILES string of the molecule is CC1CCCN(c2ccc(CCN)cc2Cl)C1C. The third-order valence-electron chi connectivity index (χ3n) is 4.13. The molecule has 0 aromatic heterocycles. The van der Waals surface area contributed by atoms with Crippen molar-refractivity contribution in [2.75, 3.05) is 18.0 Å². The molecule has 2 atom stereocenters. The molecule has 0 spiro atoms. The van der Waals surface area contributed by atoms with E-state index < -0.39 is 0 Å². The topological polar surface area (TPSA) is 29.3 Å². The van der Waals surface area contributed by atoms with Gasteiger partial charge in [0.2, 0.25) is 0 Å². The molecule has 0 amide bonds. The molecule has 1 saturated heterocycles. The van der Waals surface area contributed by atoms with Crippen LogP contribution in [0.15, 0.2) is 18.2 Å². The van der Waals surface area contributed by atoms with Gasteiger partial charge >= 0.3 is 0 Å². The zero-order valence-corrected chi connectivity index (χ0v) is 12.1. The summed E-state index contributed by atoms with van der Waals surface area (Å²) in [6.45, 7) is 6.41. The van der Waals surface area contributed by atoms with Gasteiger partial charge in [0.15, 0.2) is 0 Å². The molecule has 100 valence electrons. The maximum absolute atomic E-state index is 6.43. The Morgan fingerprint density at radius 1 is 1.39 bits per heavy atom. The summed E-state index contributed by atoms with van der Waals surface area (Å²) in [5.41, 5.74) is 7.98. The van der Waals surface area contributed by atoms with Crippen LogP contribution in [0.4, 0.5) is 5.69 Å². The lowest BCUT2D eigenvalue weighted by molar-refractivity contribution is 0.363. The predicted octanol–water partition coefficient (Wildman–Crippen LogP) is 3.47. The molecule has 1 heterocycles. The fourth-order valence-electron chi connectivity index (χ4n) is 2.78. The molecule has 0 radical (unpaired) electrons. The van der Waals surface area contributed by atoms with E-state index in [-0.39, 0.29) is 0 Å². The molecule has 1 aromatic carbocycles. The molecule has 1 aliphatic heterocycles. The Morgan fingerprint density at radius 3 is 2.83 bits per heavy atom. The maximum Gasteiger partial charge on any atom is 0.0642 e. The van der Waals surface area contributed by atoms with Crippen molar-refractivity contribution < 1.29 is 0 Å². The first-order valence-electron chi connectivity index (χ1n) is 6.88. The number of piperidine rings is 1. The fourth-order valence-corrected chi connectivity index (χ4v) is 3.09. The highest BCUT2D eigenvalue weighted by molar-refractivity contribution is 6.33. The first-order chi connectivity index (χ1) is 8.63. The van der Waals surface area contributed by atoms with Gasteiger partial charge in [0.1, 0.15) is 0 Å². The van der Waals surface area contributed by atoms with Crippen LogP contribution >= 0.6 is 11.6 Å². The molecule has 1 aliphatic rings. The molecule has 2 unspecified atom stereocenters. The van der Waals surface area contributed by atoms with Gasteiger partial charge in [0, 0.05) is 12.6 Å². The first-order valence-corrected chi connectivity index (χ1v) is 7.26. The molecule has 0 aliphatic carbocycles. The molecular formula is C15H23ClN2. The normalized spacial score (nSPS) is 24.3. The van der Waals surface area contributed by atoms with Gasteiger partial charge < -0.3 is 10.6 Å². The van der Waals surface area contributed by atoms with E-state index in [1.807, 2.05) is 0 Å². The van der Waals surface area contributed by atoms with Crippen LogP contribution in [-0.2, 0) is 6.42 Å². The maximum atomic E-state index is 6.43. The third-order valence-corrected chi connectivity index (χ3v) is 4.43. The van der Waals surface area contributed by atoms with Crippen molar-refractivity contribution in [3.63, 3.8) is 0 Å². The van der Waals surface area contributed by atoms with E-state index in [9.17, 15) is 0 Å². The van der Waals surface area contributed by atoms with Crippen LogP contribution < -0.4 is 10.6 Å². The van der Waals surface area contributed by atoms with E-state index in [1.165, 1.54) is 24.1 Å². The Balaban J connectivity index is 2.22. The van der Waals surface area contributed by atoms with E-state index in [0.29, 0.717) is 12.6 Å². The van der Waals surface area contributed by atoms with E-state index >= 15 is 0 Å². The Labute approximate surface area is 115 Å². The highest BCUT2D eigenvalue weighted by Gasteiger charge is 2.25. The smallest absolute Gasteiger partial charge is 0.0642 e. The van der Waals surface area contributed by atoms with Crippen molar-refractivity contribution in [3.05, 3.63) is 28.8 Å². The van der Waals surface area contributed by atoms with Gasteiger partial charge in [-0.05, 0) is 56.3 Å². The van der Waals surface area contributed by atoms with Crippen molar-refractivity contribution in [1.29, 1.82) is 0 Å². The monoisotopic (exact) mass is 266 g/mol. The summed E-state index contributed by atoms with van der Waals surface area (Å²) in [5, 5.41) is 0.863. The van der Waals surface area contributed by atoms with Crippen LogP contribution in [0.25, 0.3) is 0 Å². The van der Waals surface area contributed by atoms with Crippen molar-refractivity contribution >= 4 is 17.3 Å². The van der Waals surface area contributed by atoms with Crippen molar-refractivity contribution in [2.45, 2.75) is 39.2 Å². The summed E-state index contributed by atoms with van der Waals surface area (Å²) in [5.74, 6) is 0.735. The van der Waals surface area contributed by atoms with E-state index in [0.717, 1.165) is 23.9 Å². The minimum absolute atomic E-state index is 0.566. The summed E-state index contributed by atoms with van der Waals surface area (Å²) in [6, 6.07) is 6.94. The predicted molar refractivity (Wildman–Crippen MR) is 79.4 cm³/mol. The summed E-state index contributed by atoms with van der Waals surface area (Å²) >= 11 is 6.43. The van der Waals surface area contributed by atoms with Crippen molar-refractivity contribution in [3.8, 4) is 0 Å². The summed E-state index contributed by atoms with van der Waals surface area (Å²) in [6.07, 6.45) is 3.47. The standard InChI is InChI=1S/C15H23ClN2/c1-11-4-3-9-18(12(11)2)15-6-5-13(7-8-17)10-14(15)16/h5-6,10-12H,3-4,7-9,17H2,1-2H3. The summed E-state index contributed by atoms with van der Waals surface area (Å²) in [7, 11) is 0. The number of nitrogens with two attached hydrogens (primary N) is 1. The number of halogens is 1. The van der Waals surface area contributed by atoms with Crippen LogP contribution in [0.1, 0.15) is 32.3 Å².